The molecule has 5 nitrogen and oxygen atoms in total. The van der Waals surface area contributed by atoms with Gasteiger partial charge in [-0.2, -0.15) is 0 Å². The largest absolute Gasteiger partial charge is 0.449 e. The normalized spacial score (nSPS) is 10.8. The number of hydrogen-bond acceptors (Lipinski definition) is 3. The first-order valence-electron chi connectivity index (χ1n) is 8.77. The van der Waals surface area contributed by atoms with Gasteiger partial charge in [0.15, 0.2) is 11.6 Å². The lowest BCUT2D eigenvalue weighted by atomic mass is 10.1. The third-order valence-corrected chi connectivity index (χ3v) is 4.30. The molecule has 3 aromatic carbocycles. The summed E-state index contributed by atoms with van der Waals surface area (Å²) >= 11 is 0. The second-order valence-electron chi connectivity index (χ2n) is 6.35. The lowest BCUT2D eigenvalue weighted by Crippen LogP contribution is -2.17. The molecule has 0 radical (unpaired) electrons. The standard InChI is InChI=1S/C22H13F3N2O3/c23-13-4-3-5-14(11-13)26-22(29)20-19(15-6-1-2-7-18(15)30-20)27-21(28)12-8-9-16(24)17(25)10-12/h1-11H,(H,26,29)(H,27,28). The quantitative estimate of drug-likeness (QED) is 0.476. The van der Waals surface area contributed by atoms with Crippen LogP contribution in [0.1, 0.15) is 20.9 Å². The van der Waals surface area contributed by atoms with Crippen molar-refractivity contribution in [2.75, 3.05) is 10.6 Å². The lowest BCUT2D eigenvalue weighted by Gasteiger charge is -2.08. The molecule has 2 N–H and O–H groups in total. The Hall–Kier alpha value is -4.07. The Bertz CT molecular complexity index is 1280. The van der Waals surface area contributed by atoms with Gasteiger partial charge in [-0.05, 0) is 48.5 Å². The highest BCUT2D eigenvalue weighted by molar-refractivity contribution is 6.16. The van der Waals surface area contributed by atoms with Gasteiger partial charge in [0.25, 0.3) is 11.8 Å². The van der Waals surface area contributed by atoms with Crippen molar-refractivity contribution in [2.45, 2.75) is 0 Å². The first kappa shape index (κ1) is 19.3. The van der Waals surface area contributed by atoms with Crippen molar-refractivity contribution in [1.29, 1.82) is 0 Å². The Morgan fingerprint density at radius 3 is 2.33 bits per heavy atom. The van der Waals surface area contributed by atoms with Crippen LogP contribution in [0.25, 0.3) is 11.0 Å². The number of halogens is 3. The highest BCUT2D eigenvalue weighted by atomic mass is 19.2. The molecular weight excluding hydrogens is 397 g/mol. The van der Waals surface area contributed by atoms with Crippen molar-refractivity contribution in [3.63, 3.8) is 0 Å². The fraction of sp³-hybridized carbons (Fsp3) is 0. The van der Waals surface area contributed by atoms with Crippen LogP contribution in [0.5, 0.6) is 0 Å². The van der Waals surface area contributed by atoms with Gasteiger partial charge in [-0.15, -0.1) is 0 Å². The van der Waals surface area contributed by atoms with Crippen LogP contribution < -0.4 is 10.6 Å². The van der Waals surface area contributed by atoms with E-state index < -0.39 is 29.3 Å². The number of fused-ring (bicyclic) bond motifs is 1. The second-order valence-corrected chi connectivity index (χ2v) is 6.35. The van der Waals surface area contributed by atoms with Crippen molar-refractivity contribution in [1.82, 2.24) is 0 Å². The van der Waals surface area contributed by atoms with Crippen LogP contribution in [0.3, 0.4) is 0 Å². The van der Waals surface area contributed by atoms with Gasteiger partial charge in [0.1, 0.15) is 17.1 Å². The van der Waals surface area contributed by atoms with E-state index in [2.05, 4.69) is 10.6 Å². The predicted octanol–water partition coefficient (Wildman–Crippen LogP) is 5.35. The Kier molecular flexibility index (Phi) is 4.97. The van der Waals surface area contributed by atoms with Crippen LogP contribution in [0.2, 0.25) is 0 Å². The maximum atomic E-state index is 13.5. The molecule has 2 amide bonds. The monoisotopic (exact) mass is 410 g/mol. The molecule has 30 heavy (non-hydrogen) atoms. The van der Waals surface area contributed by atoms with Crippen molar-refractivity contribution < 1.29 is 27.2 Å². The van der Waals surface area contributed by atoms with Gasteiger partial charge < -0.3 is 15.1 Å². The van der Waals surface area contributed by atoms with Gasteiger partial charge in [0.2, 0.25) is 5.76 Å². The SMILES string of the molecule is O=C(Nc1c(C(=O)Nc2cccc(F)c2)oc2ccccc12)c1ccc(F)c(F)c1. The van der Waals surface area contributed by atoms with Gasteiger partial charge in [-0.1, -0.05) is 18.2 Å². The van der Waals surface area contributed by atoms with Gasteiger partial charge in [-0.25, -0.2) is 13.2 Å². The average Bonchev–Trinajstić information content (AvgIpc) is 3.09. The third-order valence-electron chi connectivity index (χ3n) is 4.30. The minimum atomic E-state index is -1.18. The molecule has 0 saturated heterocycles. The van der Waals surface area contributed by atoms with Crippen molar-refractivity contribution in [3.8, 4) is 0 Å². The summed E-state index contributed by atoms with van der Waals surface area (Å²) in [6, 6.07) is 14.5. The molecule has 1 aromatic heterocycles. The first-order valence-corrected chi connectivity index (χ1v) is 8.77. The summed E-state index contributed by atoms with van der Waals surface area (Å²) in [4.78, 5) is 25.3. The third kappa shape index (κ3) is 3.75. The predicted molar refractivity (Wildman–Crippen MR) is 105 cm³/mol. The fourth-order valence-electron chi connectivity index (χ4n) is 2.91. The van der Waals surface area contributed by atoms with E-state index in [1.165, 1.54) is 18.2 Å². The van der Waals surface area contributed by atoms with Crippen molar-refractivity contribution in [3.05, 3.63) is 95.5 Å². The van der Waals surface area contributed by atoms with Crippen LogP contribution in [0.4, 0.5) is 24.5 Å². The van der Waals surface area contributed by atoms with E-state index in [1.807, 2.05) is 0 Å². The Morgan fingerprint density at radius 1 is 0.767 bits per heavy atom. The summed E-state index contributed by atoms with van der Waals surface area (Å²) in [7, 11) is 0. The molecule has 0 bridgehead atoms. The molecule has 4 aromatic rings. The van der Waals surface area contributed by atoms with Crippen LogP contribution in [-0.2, 0) is 0 Å². The molecule has 0 saturated carbocycles. The molecule has 1 heterocycles. The number of benzene rings is 3. The van der Waals surface area contributed by atoms with Gasteiger partial charge in [0.05, 0.1) is 0 Å². The Balaban J connectivity index is 1.70. The molecule has 4 rings (SSSR count). The van der Waals surface area contributed by atoms with Crippen LogP contribution in [0, 0.1) is 17.5 Å². The summed E-state index contributed by atoms with van der Waals surface area (Å²) in [6.07, 6.45) is 0. The molecule has 0 aliphatic rings. The van der Waals surface area contributed by atoms with Crippen LogP contribution in [-0.4, -0.2) is 11.8 Å². The van der Waals surface area contributed by atoms with Crippen molar-refractivity contribution in [2.24, 2.45) is 0 Å². The zero-order valence-electron chi connectivity index (χ0n) is 15.2. The van der Waals surface area contributed by atoms with E-state index in [4.69, 9.17) is 4.42 Å². The Morgan fingerprint density at radius 2 is 1.57 bits per heavy atom. The summed E-state index contributed by atoms with van der Waals surface area (Å²) in [5, 5.41) is 5.44. The lowest BCUT2D eigenvalue weighted by molar-refractivity contribution is 0.0999. The van der Waals surface area contributed by atoms with Gasteiger partial charge in [-0.3, -0.25) is 9.59 Å². The summed E-state index contributed by atoms with van der Waals surface area (Å²) in [6.45, 7) is 0. The molecule has 0 fully saturated rings. The average molecular weight is 410 g/mol. The highest BCUT2D eigenvalue weighted by Gasteiger charge is 2.23. The maximum Gasteiger partial charge on any atom is 0.293 e. The molecule has 8 heteroatoms. The molecule has 0 aliphatic carbocycles. The van der Waals surface area contributed by atoms with Crippen LogP contribution in [0.15, 0.2) is 71.1 Å². The van der Waals surface area contributed by atoms with Gasteiger partial charge in [0, 0.05) is 16.6 Å². The number of hydrogen-bond donors (Lipinski definition) is 2. The number of nitrogens with one attached hydrogen (secondary N) is 2. The maximum absolute atomic E-state index is 13.5. The summed E-state index contributed by atoms with van der Waals surface area (Å²) in [5.41, 5.74) is 0.422. The number of rotatable bonds is 4. The molecule has 0 spiro atoms. The van der Waals surface area contributed by atoms with E-state index in [-0.39, 0.29) is 22.7 Å². The molecule has 0 unspecified atom stereocenters. The Labute approximate surface area is 168 Å². The number of amides is 2. The number of anilines is 2. The molecular formula is C22H13F3N2O3. The molecule has 0 aliphatic heterocycles. The van der Waals surface area contributed by atoms with E-state index >= 15 is 0 Å². The first-order chi connectivity index (χ1) is 14.4. The zero-order valence-corrected chi connectivity index (χ0v) is 15.2. The number of furan rings is 1. The van der Waals surface area contributed by atoms with Crippen LogP contribution >= 0.6 is 0 Å². The summed E-state index contributed by atoms with van der Waals surface area (Å²) in [5.74, 6) is -4.52. The smallest absolute Gasteiger partial charge is 0.293 e. The summed E-state index contributed by atoms with van der Waals surface area (Å²) < 4.78 is 45.6. The van der Waals surface area contributed by atoms with E-state index in [1.54, 1.807) is 24.3 Å². The minimum Gasteiger partial charge on any atom is -0.449 e. The topological polar surface area (TPSA) is 71.3 Å². The molecule has 150 valence electrons. The number of para-hydroxylation sites is 1. The zero-order chi connectivity index (χ0) is 21.3. The fourth-order valence-corrected chi connectivity index (χ4v) is 2.91. The van der Waals surface area contributed by atoms with E-state index in [0.29, 0.717) is 11.0 Å². The van der Waals surface area contributed by atoms with E-state index in [9.17, 15) is 22.8 Å². The molecule has 0 atom stereocenters. The second kappa shape index (κ2) is 7.75. The number of carbonyl (C=O) groups is 2. The van der Waals surface area contributed by atoms with E-state index in [0.717, 1.165) is 24.3 Å². The van der Waals surface area contributed by atoms with Gasteiger partial charge >= 0.3 is 0 Å². The minimum absolute atomic E-state index is 0.0502. The highest BCUT2D eigenvalue weighted by Crippen LogP contribution is 2.32. The van der Waals surface area contributed by atoms with Crippen molar-refractivity contribution >= 4 is 34.2 Å². The number of carbonyl (C=O) groups excluding carboxylic acids is 2.